The maximum absolute atomic E-state index is 5.64. The Hall–Kier alpha value is -0.650. The Bertz CT molecular complexity index is 347. The van der Waals surface area contributed by atoms with Crippen LogP contribution in [0.25, 0.3) is 0 Å². The summed E-state index contributed by atoms with van der Waals surface area (Å²) in [6.07, 6.45) is 0.912. The van der Waals surface area contributed by atoms with E-state index in [1.807, 2.05) is 19.1 Å². The maximum Gasteiger partial charge on any atom is 0.141 e. The van der Waals surface area contributed by atoms with Crippen molar-refractivity contribution in [3.05, 3.63) is 23.5 Å². The third kappa shape index (κ3) is 5.80. The van der Waals surface area contributed by atoms with Gasteiger partial charge < -0.3 is 14.2 Å². The molecule has 0 saturated heterocycles. The van der Waals surface area contributed by atoms with E-state index < -0.39 is 0 Å². The van der Waals surface area contributed by atoms with E-state index in [0.29, 0.717) is 25.2 Å². The highest BCUT2D eigenvalue weighted by atomic mass is 79.9. The van der Waals surface area contributed by atoms with Gasteiger partial charge in [-0.3, -0.25) is 4.98 Å². The van der Waals surface area contributed by atoms with Crippen LogP contribution in [0.3, 0.4) is 0 Å². The molecule has 0 fully saturated rings. The lowest BCUT2D eigenvalue weighted by Gasteiger charge is -2.10. The maximum atomic E-state index is 5.64. The Kier molecular flexibility index (Phi) is 7.96. The number of nitrogens with zero attached hydrogens (tertiary/aromatic N) is 1. The minimum atomic E-state index is 0.539. The van der Waals surface area contributed by atoms with Gasteiger partial charge in [-0.05, 0) is 25.5 Å². The molecule has 1 heterocycles. The molecule has 1 aromatic rings. The second-order valence-corrected chi connectivity index (χ2v) is 4.40. The molecule has 0 N–H and O–H groups in total. The molecular weight excluding hydrogens is 298 g/mol. The Balaban J connectivity index is 2.22. The van der Waals surface area contributed by atoms with Gasteiger partial charge in [-0.2, -0.15) is 0 Å². The smallest absolute Gasteiger partial charge is 0.141 e. The van der Waals surface area contributed by atoms with E-state index in [-0.39, 0.29) is 0 Å². The molecule has 4 nitrogen and oxygen atoms in total. The van der Waals surface area contributed by atoms with Gasteiger partial charge in [0.1, 0.15) is 12.4 Å². The van der Waals surface area contributed by atoms with Crippen LogP contribution < -0.4 is 4.74 Å². The van der Waals surface area contributed by atoms with Crippen LogP contribution in [-0.2, 0) is 14.8 Å². The fourth-order valence-corrected chi connectivity index (χ4v) is 1.84. The number of hydrogen-bond donors (Lipinski definition) is 0. The summed E-state index contributed by atoms with van der Waals surface area (Å²) in [4.78, 5) is 4.40. The van der Waals surface area contributed by atoms with Crippen LogP contribution in [0.15, 0.2) is 12.1 Å². The van der Waals surface area contributed by atoms with Crippen LogP contribution in [0.1, 0.15) is 17.8 Å². The SMILES string of the molecule is COCCCOCCOc1ccc(C)nc1CBr. The minimum Gasteiger partial charge on any atom is -0.489 e. The molecule has 0 unspecified atom stereocenters. The zero-order valence-corrected chi connectivity index (χ0v) is 12.5. The Labute approximate surface area is 117 Å². The molecule has 0 saturated carbocycles. The van der Waals surface area contributed by atoms with Crippen molar-refractivity contribution < 1.29 is 14.2 Å². The molecule has 0 aliphatic carbocycles. The van der Waals surface area contributed by atoms with Gasteiger partial charge in [-0.15, -0.1) is 0 Å². The van der Waals surface area contributed by atoms with Crippen LogP contribution in [-0.4, -0.2) is 38.5 Å². The second kappa shape index (κ2) is 9.30. The molecule has 0 aliphatic rings. The van der Waals surface area contributed by atoms with E-state index in [4.69, 9.17) is 14.2 Å². The molecule has 5 heteroatoms. The van der Waals surface area contributed by atoms with Gasteiger partial charge in [0.25, 0.3) is 0 Å². The lowest BCUT2D eigenvalue weighted by Crippen LogP contribution is -2.09. The van der Waals surface area contributed by atoms with Crippen LogP contribution in [0.5, 0.6) is 5.75 Å². The summed E-state index contributed by atoms with van der Waals surface area (Å²) in [6.45, 7) is 4.52. The van der Waals surface area contributed by atoms with Crippen molar-refractivity contribution in [3.63, 3.8) is 0 Å². The number of pyridine rings is 1. The molecule has 0 bridgehead atoms. The standard InChI is InChI=1S/C13H20BrNO3/c1-11-4-5-13(12(10-14)15-11)18-9-8-17-7-3-6-16-2/h4-5H,3,6-10H2,1-2H3. The molecule has 18 heavy (non-hydrogen) atoms. The third-order valence-electron chi connectivity index (χ3n) is 2.32. The van der Waals surface area contributed by atoms with E-state index in [0.717, 1.165) is 30.2 Å². The number of aryl methyl sites for hydroxylation is 1. The van der Waals surface area contributed by atoms with Crippen LogP contribution >= 0.6 is 15.9 Å². The normalized spacial score (nSPS) is 10.6. The molecule has 0 amide bonds. The number of alkyl halides is 1. The first-order valence-electron chi connectivity index (χ1n) is 6.00. The molecule has 1 aromatic heterocycles. The molecule has 0 aromatic carbocycles. The molecule has 0 atom stereocenters. The zero-order chi connectivity index (χ0) is 13.2. The molecular formula is C13H20BrNO3. The molecule has 1 rings (SSSR count). The van der Waals surface area contributed by atoms with Crippen molar-refractivity contribution in [3.8, 4) is 5.75 Å². The lowest BCUT2D eigenvalue weighted by molar-refractivity contribution is 0.0804. The highest BCUT2D eigenvalue weighted by Crippen LogP contribution is 2.19. The van der Waals surface area contributed by atoms with Crippen molar-refractivity contribution in [2.24, 2.45) is 0 Å². The van der Waals surface area contributed by atoms with Crippen molar-refractivity contribution >= 4 is 15.9 Å². The summed E-state index contributed by atoms with van der Waals surface area (Å²) < 4.78 is 16.0. The summed E-state index contributed by atoms with van der Waals surface area (Å²) >= 11 is 3.41. The van der Waals surface area contributed by atoms with Crippen molar-refractivity contribution in [1.29, 1.82) is 0 Å². The monoisotopic (exact) mass is 317 g/mol. The summed E-state index contributed by atoms with van der Waals surface area (Å²) in [5, 5.41) is 0.693. The number of halogens is 1. The van der Waals surface area contributed by atoms with Gasteiger partial charge in [-0.1, -0.05) is 15.9 Å². The topological polar surface area (TPSA) is 40.6 Å². The van der Waals surface area contributed by atoms with Gasteiger partial charge >= 0.3 is 0 Å². The lowest BCUT2D eigenvalue weighted by atomic mass is 10.3. The van der Waals surface area contributed by atoms with Crippen LogP contribution in [0.4, 0.5) is 0 Å². The number of hydrogen-bond acceptors (Lipinski definition) is 4. The molecule has 102 valence electrons. The van der Waals surface area contributed by atoms with Gasteiger partial charge in [0, 0.05) is 31.3 Å². The van der Waals surface area contributed by atoms with Crippen molar-refractivity contribution in [2.45, 2.75) is 18.7 Å². The first-order valence-corrected chi connectivity index (χ1v) is 7.12. The Morgan fingerprint density at radius 2 is 2.00 bits per heavy atom. The van der Waals surface area contributed by atoms with Crippen molar-refractivity contribution in [2.75, 3.05) is 33.5 Å². The Morgan fingerprint density at radius 1 is 1.17 bits per heavy atom. The number of aromatic nitrogens is 1. The van der Waals surface area contributed by atoms with Crippen LogP contribution in [0.2, 0.25) is 0 Å². The molecule has 0 spiro atoms. The molecule has 0 radical (unpaired) electrons. The quantitative estimate of drug-likeness (QED) is 0.518. The fraction of sp³-hybridized carbons (Fsp3) is 0.615. The summed E-state index contributed by atoms with van der Waals surface area (Å²) in [6, 6.07) is 3.89. The second-order valence-electron chi connectivity index (χ2n) is 3.84. The van der Waals surface area contributed by atoms with Crippen LogP contribution in [0, 0.1) is 6.92 Å². The average Bonchev–Trinajstić information content (AvgIpc) is 2.39. The Morgan fingerprint density at radius 3 is 2.72 bits per heavy atom. The number of rotatable bonds is 9. The zero-order valence-electron chi connectivity index (χ0n) is 10.9. The van der Waals surface area contributed by atoms with Gasteiger partial charge in [-0.25, -0.2) is 0 Å². The van der Waals surface area contributed by atoms with E-state index in [9.17, 15) is 0 Å². The predicted octanol–water partition coefficient (Wildman–Crippen LogP) is 2.72. The summed E-state index contributed by atoms with van der Waals surface area (Å²) in [5.41, 5.74) is 1.92. The van der Waals surface area contributed by atoms with Gasteiger partial charge in [0.05, 0.1) is 12.3 Å². The molecule has 0 aliphatic heterocycles. The third-order valence-corrected chi connectivity index (χ3v) is 2.85. The van der Waals surface area contributed by atoms with E-state index in [1.54, 1.807) is 7.11 Å². The number of methoxy groups -OCH3 is 1. The number of ether oxygens (including phenoxy) is 3. The average molecular weight is 318 g/mol. The van der Waals surface area contributed by atoms with E-state index >= 15 is 0 Å². The predicted molar refractivity (Wildman–Crippen MR) is 74.4 cm³/mol. The summed E-state index contributed by atoms with van der Waals surface area (Å²) in [5.74, 6) is 0.818. The largest absolute Gasteiger partial charge is 0.489 e. The van der Waals surface area contributed by atoms with Crippen molar-refractivity contribution in [1.82, 2.24) is 4.98 Å². The minimum absolute atomic E-state index is 0.539. The summed E-state index contributed by atoms with van der Waals surface area (Å²) in [7, 11) is 1.69. The van der Waals surface area contributed by atoms with E-state index in [1.165, 1.54) is 0 Å². The first kappa shape index (κ1) is 15.4. The van der Waals surface area contributed by atoms with Gasteiger partial charge in [0.15, 0.2) is 0 Å². The highest BCUT2D eigenvalue weighted by molar-refractivity contribution is 9.08. The first-order chi connectivity index (χ1) is 8.77. The van der Waals surface area contributed by atoms with Gasteiger partial charge in [0.2, 0.25) is 0 Å². The fourth-order valence-electron chi connectivity index (χ4n) is 1.44. The highest BCUT2D eigenvalue weighted by Gasteiger charge is 2.04. The van der Waals surface area contributed by atoms with E-state index in [2.05, 4.69) is 20.9 Å².